The van der Waals surface area contributed by atoms with E-state index in [1.807, 2.05) is 0 Å². The highest BCUT2D eigenvalue weighted by Crippen LogP contribution is 2.24. The van der Waals surface area contributed by atoms with Crippen LogP contribution in [-0.4, -0.2) is 30.9 Å². The summed E-state index contributed by atoms with van der Waals surface area (Å²) in [5, 5.41) is 8.49. The Morgan fingerprint density at radius 1 is 1.14 bits per heavy atom. The molecule has 1 unspecified atom stereocenters. The Hall–Kier alpha value is -2.45. The zero-order valence-corrected chi connectivity index (χ0v) is 16.5. The first-order valence-corrected chi connectivity index (χ1v) is 9.92. The van der Waals surface area contributed by atoms with Crippen molar-refractivity contribution in [3.8, 4) is 5.75 Å². The predicted molar refractivity (Wildman–Crippen MR) is 102 cm³/mol. The Balaban J connectivity index is 1.63. The molecule has 0 bridgehead atoms. The molecule has 1 fully saturated rings. The highest BCUT2D eigenvalue weighted by Gasteiger charge is 2.31. The smallest absolute Gasteiger partial charge is 0.406 e. The van der Waals surface area contributed by atoms with E-state index in [1.165, 1.54) is 30.7 Å². The van der Waals surface area contributed by atoms with Crippen molar-refractivity contribution < 1.29 is 27.5 Å². The Kier molecular flexibility index (Phi) is 8.60. The number of amides is 3. The van der Waals surface area contributed by atoms with Gasteiger partial charge in [-0.15, -0.1) is 13.2 Å². The van der Waals surface area contributed by atoms with E-state index in [4.69, 9.17) is 0 Å². The fourth-order valence-corrected chi connectivity index (χ4v) is 3.29. The van der Waals surface area contributed by atoms with Crippen LogP contribution in [0.1, 0.15) is 63.5 Å². The maximum Gasteiger partial charge on any atom is 0.573 e. The van der Waals surface area contributed by atoms with Crippen LogP contribution in [0.2, 0.25) is 0 Å². The van der Waals surface area contributed by atoms with Crippen LogP contribution in [0.25, 0.3) is 0 Å². The molecular weight excluding hydrogens is 387 g/mol. The summed E-state index contributed by atoms with van der Waals surface area (Å²) in [6.45, 7) is 2.14. The lowest BCUT2D eigenvalue weighted by atomic mass is 9.96. The number of halogens is 3. The Morgan fingerprint density at radius 3 is 2.41 bits per heavy atom. The lowest BCUT2D eigenvalue weighted by Crippen LogP contribution is -2.43. The fourth-order valence-electron chi connectivity index (χ4n) is 3.29. The molecule has 3 amide bonds. The first-order chi connectivity index (χ1) is 13.7. The lowest BCUT2D eigenvalue weighted by molar-refractivity contribution is -0.274. The first-order valence-electron chi connectivity index (χ1n) is 9.92. The normalized spacial score (nSPS) is 16.0. The van der Waals surface area contributed by atoms with Crippen LogP contribution in [0, 0.1) is 0 Å². The number of urea groups is 1. The van der Waals surface area contributed by atoms with E-state index in [0.29, 0.717) is 18.5 Å². The van der Waals surface area contributed by atoms with Crippen molar-refractivity contribution in [3.63, 3.8) is 0 Å². The van der Waals surface area contributed by atoms with Gasteiger partial charge in [0, 0.05) is 19.0 Å². The van der Waals surface area contributed by atoms with Crippen molar-refractivity contribution in [2.45, 2.75) is 70.3 Å². The van der Waals surface area contributed by atoms with Crippen molar-refractivity contribution in [3.05, 3.63) is 29.8 Å². The zero-order valence-electron chi connectivity index (χ0n) is 16.5. The van der Waals surface area contributed by atoms with Gasteiger partial charge >= 0.3 is 12.4 Å². The molecule has 0 aliphatic heterocycles. The van der Waals surface area contributed by atoms with Gasteiger partial charge in [0.15, 0.2) is 0 Å². The molecule has 1 aliphatic rings. The molecule has 9 heteroatoms. The fraction of sp³-hybridized carbons (Fsp3) is 0.600. The van der Waals surface area contributed by atoms with Gasteiger partial charge in [0.05, 0.1) is 6.04 Å². The average Bonchev–Trinajstić information content (AvgIpc) is 2.65. The third kappa shape index (κ3) is 9.06. The number of benzene rings is 1. The molecule has 29 heavy (non-hydrogen) atoms. The second-order valence-corrected chi connectivity index (χ2v) is 7.24. The number of nitrogens with one attached hydrogen (secondary N) is 3. The Bertz CT molecular complexity index is 659. The summed E-state index contributed by atoms with van der Waals surface area (Å²) in [5.74, 6) is -0.500. The van der Waals surface area contributed by atoms with Gasteiger partial charge in [-0.2, -0.15) is 0 Å². The molecule has 1 saturated carbocycles. The van der Waals surface area contributed by atoms with E-state index >= 15 is 0 Å². The number of carbonyl (C=O) groups is 2. The monoisotopic (exact) mass is 415 g/mol. The van der Waals surface area contributed by atoms with E-state index in [-0.39, 0.29) is 36.2 Å². The van der Waals surface area contributed by atoms with Crippen molar-refractivity contribution >= 4 is 11.9 Å². The van der Waals surface area contributed by atoms with Gasteiger partial charge in [0.25, 0.3) is 0 Å². The number of rotatable bonds is 8. The van der Waals surface area contributed by atoms with E-state index in [2.05, 4.69) is 20.7 Å². The molecule has 1 aliphatic carbocycles. The van der Waals surface area contributed by atoms with Crippen LogP contribution >= 0.6 is 0 Å². The molecule has 0 spiro atoms. The minimum Gasteiger partial charge on any atom is -0.406 e. The zero-order chi connectivity index (χ0) is 21.3. The third-order valence-corrected chi connectivity index (χ3v) is 4.80. The van der Waals surface area contributed by atoms with E-state index in [9.17, 15) is 22.8 Å². The van der Waals surface area contributed by atoms with Crippen LogP contribution in [0.3, 0.4) is 0 Å². The van der Waals surface area contributed by atoms with Crippen LogP contribution in [-0.2, 0) is 4.79 Å². The van der Waals surface area contributed by atoms with Gasteiger partial charge in [-0.1, -0.05) is 31.4 Å². The van der Waals surface area contributed by atoms with Gasteiger partial charge in [-0.05, 0) is 43.9 Å². The standard InChI is InChI=1S/C20H28F3N3O3/c1-14(15-9-11-17(12-10-15)29-20(21,22)23)25-18(27)8-5-13-24-19(28)26-16-6-3-2-4-7-16/h9-12,14,16H,2-8,13H2,1H3,(H,25,27)(H2,24,26,28). The number of carbonyl (C=O) groups excluding carboxylic acids is 2. The summed E-state index contributed by atoms with van der Waals surface area (Å²) < 4.78 is 40.4. The van der Waals surface area contributed by atoms with Gasteiger partial charge in [-0.25, -0.2) is 4.79 Å². The predicted octanol–water partition coefficient (Wildman–Crippen LogP) is 4.17. The summed E-state index contributed by atoms with van der Waals surface area (Å²) in [4.78, 5) is 23.9. The topological polar surface area (TPSA) is 79.5 Å². The molecule has 2 rings (SSSR count). The summed E-state index contributed by atoms with van der Waals surface area (Å²) >= 11 is 0. The van der Waals surface area contributed by atoms with E-state index in [0.717, 1.165) is 25.7 Å². The van der Waals surface area contributed by atoms with Crippen LogP contribution in [0.5, 0.6) is 5.75 Å². The molecule has 1 aromatic carbocycles. The summed E-state index contributed by atoms with van der Waals surface area (Å²) in [5.41, 5.74) is 0.665. The summed E-state index contributed by atoms with van der Waals surface area (Å²) in [7, 11) is 0. The molecule has 6 nitrogen and oxygen atoms in total. The van der Waals surface area contributed by atoms with Crippen molar-refractivity contribution in [2.75, 3.05) is 6.54 Å². The van der Waals surface area contributed by atoms with Crippen LogP contribution < -0.4 is 20.7 Å². The second kappa shape index (κ2) is 10.9. The molecule has 0 saturated heterocycles. The van der Waals surface area contributed by atoms with Gasteiger partial charge in [-0.3, -0.25) is 4.79 Å². The maximum atomic E-state index is 12.2. The van der Waals surface area contributed by atoms with Gasteiger partial charge in [0.1, 0.15) is 5.75 Å². The molecule has 1 atom stereocenters. The summed E-state index contributed by atoms with van der Waals surface area (Å²) in [6.07, 6.45) is 1.52. The molecule has 162 valence electrons. The number of alkyl halides is 3. The minimum atomic E-state index is -4.73. The SMILES string of the molecule is CC(NC(=O)CCCNC(=O)NC1CCCCC1)c1ccc(OC(F)(F)F)cc1. The quantitative estimate of drug-likeness (QED) is 0.558. The number of hydrogen-bond acceptors (Lipinski definition) is 3. The molecule has 1 aromatic rings. The van der Waals surface area contributed by atoms with Gasteiger partial charge in [0.2, 0.25) is 5.91 Å². The number of ether oxygens (including phenoxy) is 1. The lowest BCUT2D eigenvalue weighted by Gasteiger charge is -2.22. The summed E-state index contributed by atoms with van der Waals surface area (Å²) in [6, 6.07) is 5.05. The van der Waals surface area contributed by atoms with E-state index in [1.54, 1.807) is 6.92 Å². The second-order valence-electron chi connectivity index (χ2n) is 7.24. The van der Waals surface area contributed by atoms with Crippen molar-refractivity contribution in [1.82, 2.24) is 16.0 Å². The first kappa shape index (κ1) is 22.8. The Labute approximate surface area is 168 Å². The molecule has 0 aromatic heterocycles. The van der Waals surface area contributed by atoms with E-state index < -0.39 is 6.36 Å². The molecule has 0 heterocycles. The molecular formula is C20H28F3N3O3. The van der Waals surface area contributed by atoms with Crippen molar-refractivity contribution in [2.24, 2.45) is 0 Å². The third-order valence-electron chi connectivity index (χ3n) is 4.80. The average molecular weight is 415 g/mol. The highest BCUT2D eigenvalue weighted by atomic mass is 19.4. The minimum absolute atomic E-state index is 0.192. The van der Waals surface area contributed by atoms with Crippen molar-refractivity contribution in [1.29, 1.82) is 0 Å². The maximum absolute atomic E-state index is 12.2. The molecule has 3 N–H and O–H groups in total. The van der Waals surface area contributed by atoms with Crippen LogP contribution in [0.4, 0.5) is 18.0 Å². The highest BCUT2D eigenvalue weighted by molar-refractivity contribution is 5.77. The van der Waals surface area contributed by atoms with Gasteiger partial charge < -0.3 is 20.7 Å². The Morgan fingerprint density at radius 2 is 1.79 bits per heavy atom. The molecule has 0 radical (unpaired) electrons. The number of hydrogen-bond donors (Lipinski definition) is 3. The largest absolute Gasteiger partial charge is 0.573 e. The van der Waals surface area contributed by atoms with Crippen LogP contribution in [0.15, 0.2) is 24.3 Å².